The number of thioether (sulfide) groups is 1. The molecule has 2 aromatic rings. The van der Waals surface area contributed by atoms with Crippen LogP contribution in [0, 0.1) is 6.92 Å². The van der Waals surface area contributed by atoms with E-state index in [1.165, 1.54) is 11.8 Å². The van der Waals surface area contributed by atoms with Crippen molar-refractivity contribution in [1.29, 1.82) is 0 Å². The average Bonchev–Trinajstić information content (AvgIpc) is 2.92. The van der Waals surface area contributed by atoms with Gasteiger partial charge in [0.25, 0.3) is 5.91 Å². The third-order valence-corrected chi connectivity index (χ3v) is 5.27. The predicted octanol–water partition coefficient (Wildman–Crippen LogP) is 5.20. The molecular formula is C21H21NO3S2. The Labute approximate surface area is 169 Å². The number of hydrogen-bond donors (Lipinski definition) is 0. The Morgan fingerprint density at radius 3 is 2.44 bits per heavy atom. The number of anilines is 1. The molecule has 0 aromatic heterocycles. The maximum Gasteiger partial charge on any atom is 0.270 e. The number of benzene rings is 2. The Morgan fingerprint density at radius 2 is 1.78 bits per heavy atom. The first-order valence-corrected chi connectivity index (χ1v) is 10.00. The van der Waals surface area contributed by atoms with Crippen molar-refractivity contribution in [3.63, 3.8) is 0 Å². The van der Waals surface area contributed by atoms with E-state index in [-0.39, 0.29) is 5.91 Å². The highest BCUT2D eigenvalue weighted by atomic mass is 32.2. The van der Waals surface area contributed by atoms with E-state index in [1.807, 2.05) is 69.3 Å². The van der Waals surface area contributed by atoms with Gasteiger partial charge < -0.3 is 9.47 Å². The summed E-state index contributed by atoms with van der Waals surface area (Å²) < 4.78 is 11.8. The van der Waals surface area contributed by atoms with E-state index >= 15 is 0 Å². The lowest BCUT2D eigenvalue weighted by Crippen LogP contribution is -2.27. The lowest BCUT2D eigenvalue weighted by Gasteiger charge is -2.14. The van der Waals surface area contributed by atoms with Crippen LogP contribution >= 0.6 is 24.0 Å². The predicted molar refractivity (Wildman–Crippen MR) is 116 cm³/mol. The molecule has 0 atom stereocenters. The summed E-state index contributed by atoms with van der Waals surface area (Å²) in [6.07, 6.45) is 1.83. The van der Waals surface area contributed by atoms with Crippen molar-refractivity contribution >= 4 is 46.0 Å². The van der Waals surface area contributed by atoms with Gasteiger partial charge in [-0.25, -0.2) is 0 Å². The van der Waals surface area contributed by atoms with Gasteiger partial charge in [0.1, 0.15) is 11.5 Å². The lowest BCUT2D eigenvalue weighted by atomic mass is 10.1. The summed E-state index contributed by atoms with van der Waals surface area (Å²) in [5.74, 6) is 1.31. The molecule has 1 fully saturated rings. The number of carbonyl (C=O) groups is 1. The largest absolute Gasteiger partial charge is 0.494 e. The summed E-state index contributed by atoms with van der Waals surface area (Å²) in [6.45, 7) is 6.98. The molecule has 0 unspecified atom stereocenters. The van der Waals surface area contributed by atoms with E-state index in [0.717, 1.165) is 22.6 Å². The fourth-order valence-corrected chi connectivity index (χ4v) is 3.99. The monoisotopic (exact) mass is 399 g/mol. The minimum Gasteiger partial charge on any atom is -0.494 e. The van der Waals surface area contributed by atoms with Crippen LogP contribution in [0.5, 0.6) is 11.5 Å². The molecule has 1 amide bonds. The van der Waals surface area contributed by atoms with Gasteiger partial charge in [-0.15, -0.1) is 0 Å². The van der Waals surface area contributed by atoms with E-state index < -0.39 is 0 Å². The first-order chi connectivity index (χ1) is 13.0. The number of aryl methyl sites for hydroxylation is 1. The van der Waals surface area contributed by atoms with Crippen molar-refractivity contribution in [2.45, 2.75) is 20.8 Å². The fourth-order valence-electron chi connectivity index (χ4n) is 2.70. The molecule has 140 valence electrons. The van der Waals surface area contributed by atoms with Crippen molar-refractivity contribution in [3.05, 3.63) is 58.5 Å². The maximum atomic E-state index is 12.9. The maximum absolute atomic E-state index is 12.9. The Balaban J connectivity index is 1.92. The molecule has 1 aliphatic heterocycles. The van der Waals surface area contributed by atoms with E-state index in [9.17, 15) is 4.79 Å². The molecule has 27 heavy (non-hydrogen) atoms. The van der Waals surface area contributed by atoms with Gasteiger partial charge in [-0.2, -0.15) is 0 Å². The molecule has 0 spiro atoms. The van der Waals surface area contributed by atoms with Crippen LogP contribution in [0.1, 0.15) is 25.0 Å². The quantitative estimate of drug-likeness (QED) is 0.493. The van der Waals surface area contributed by atoms with E-state index in [1.54, 1.807) is 4.90 Å². The third-order valence-electron chi connectivity index (χ3n) is 3.97. The minimum absolute atomic E-state index is 0.120. The van der Waals surface area contributed by atoms with Gasteiger partial charge in [0.2, 0.25) is 0 Å². The molecule has 0 saturated carbocycles. The van der Waals surface area contributed by atoms with Crippen LogP contribution in [0.15, 0.2) is 47.4 Å². The van der Waals surface area contributed by atoms with Crippen molar-refractivity contribution in [2.75, 3.05) is 18.1 Å². The van der Waals surface area contributed by atoms with Gasteiger partial charge in [0.05, 0.1) is 23.8 Å². The second-order valence-electron chi connectivity index (χ2n) is 5.92. The Morgan fingerprint density at radius 1 is 1.07 bits per heavy atom. The van der Waals surface area contributed by atoms with E-state index in [2.05, 4.69) is 0 Å². The summed E-state index contributed by atoms with van der Waals surface area (Å²) in [5, 5.41) is 0. The summed E-state index contributed by atoms with van der Waals surface area (Å²) in [7, 11) is 0. The summed E-state index contributed by atoms with van der Waals surface area (Å²) in [6, 6.07) is 13.4. The molecule has 1 saturated heterocycles. The first kappa shape index (κ1) is 19.5. The zero-order valence-electron chi connectivity index (χ0n) is 15.5. The minimum atomic E-state index is -0.120. The van der Waals surface area contributed by atoms with Crippen molar-refractivity contribution in [2.24, 2.45) is 0 Å². The number of carbonyl (C=O) groups excluding carboxylic acids is 1. The van der Waals surface area contributed by atoms with Crippen LogP contribution in [0.2, 0.25) is 0 Å². The highest BCUT2D eigenvalue weighted by Gasteiger charge is 2.33. The first-order valence-electron chi connectivity index (χ1n) is 8.77. The van der Waals surface area contributed by atoms with Crippen molar-refractivity contribution in [1.82, 2.24) is 0 Å². The molecule has 3 rings (SSSR count). The molecule has 4 nitrogen and oxygen atoms in total. The standard InChI is InChI=1S/C21H21NO3S2/c1-4-24-17-11-8-15(18(13-17)25-5-2)12-19-20(23)22(21(26)27-19)16-9-6-14(3)7-10-16/h6-13H,4-5H2,1-3H3/b19-12+. The molecule has 0 bridgehead atoms. The third kappa shape index (κ3) is 4.34. The molecular weight excluding hydrogens is 378 g/mol. The number of ether oxygens (including phenoxy) is 2. The van der Waals surface area contributed by atoms with E-state index in [0.29, 0.717) is 28.2 Å². The number of rotatable bonds is 6. The molecule has 0 radical (unpaired) electrons. The lowest BCUT2D eigenvalue weighted by molar-refractivity contribution is -0.113. The van der Waals surface area contributed by atoms with Crippen molar-refractivity contribution in [3.8, 4) is 11.5 Å². The molecule has 2 aromatic carbocycles. The van der Waals surface area contributed by atoms with Crippen molar-refractivity contribution < 1.29 is 14.3 Å². The van der Waals surface area contributed by atoms with Crippen LogP contribution in [0.4, 0.5) is 5.69 Å². The van der Waals surface area contributed by atoms with Gasteiger partial charge in [-0.05, 0) is 51.1 Å². The van der Waals surface area contributed by atoms with Crippen LogP contribution < -0.4 is 14.4 Å². The van der Waals surface area contributed by atoms with Gasteiger partial charge in [-0.3, -0.25) is 9.69 Å². The highest BCUT2D eigenvalue weighted by Crippen LogP contribution is 2.37. The summed E-state index contributed by atoms with van der Waals surface area (Å²) in [4.78, 5) is 15.1. The smallest absolute Gasteiger partial charge is 0.270 e. The van der Waals surface area contributed by atoms with Crippen LogP contribution in [-0.2, 0) is 4.79 Å². The van der Waals surface area contributed by atoms with Crippen LogP contribution in [-0.4, -0.2) is 23.4 Å². The summed E-state index contributed by atoms with van der Waals surface area (Å²) >= 11 is 6.74. The number of nitrogens with zero attached hydrogens (tertiary/aromatic N) is 1. The zero-order valence-corrected chi connectivity index (χ0v) is 17.2. The number of hydrogen-bond acceptors (Lipinski definition) is 5. The van der Waals surface area contributed by atoms with Gasteiger partial charge in [0, 0.05) is 11.6 Å². The number of amides is 1. The molecule has 0 aliphatic carbocycles. The Hall–Kier alpha value is -2.31. The second kappa shape index (κ2) is 8.59. The highest BCUT2D eigenvalue weighted by molar-refractivity contribution is 8.27. The van der Waals surface area contributed by atoms with Gasteiger partial charge in [-0.1, -0.05) is 41.7 Å². The Kier molecular flexibility index (Phi) is 6.19. The topological polar surface area (TPSA) is 38.8 Å². The fraction of sp³-hybridized carbons (Fsp3) is 0.238. The average molecular weight is 400 g/mol. The molecule has 1 heterocycles. The van der Waals surface area contributed by atoms with Crippen LogP contribution in [0.3, 0.4) is 0 Å². The summed E-state index contributed by atoms with van der Waals surface area (Å²) in [5.41, 5.74) is 2.74. The molecule has 1 aliphatic rings. The second-order valence-corrected chi connectivity index (χ2v) is 7.59. The molecule has 0 N–H and O–H groups in total. The normalized spacial score (nSPS) is 15.5. The number of thiocarbonyl (C=S) groups is 1. The SMILES string of the molecule is CCOc1ccc(/C=C2/SC(=S)N(c3ccc(C)cc3)C2=O)c(OCC)c1. The molecule has 6 heteroatoms. The van der Waals surface area contributed by atoms with Gasteiger partial charge >= 0.3 is 0 Å². The Bertz CT molecular complexity index is 891. The zero-order chi connectivity index (χ0) is 19.4. The van der Waals surface area contributed by atoms with Gasteiger partial charge in [0.15, 0.2) is 4.32 Å². The van der Waals surface area contributed by atoms with E-state index in [4.69, 9.17) is 21.7 Å². The van der Waals surface area contributed by atoms with Crippen LogP contribution in [0.25, 0.3) is 6.08 Å².